The number of fused-ring (bicyclic) bond motifs is 1. The molecule has 0 N–H and O–H groups in total. The predicted molar refractivity (Wildman–Crippen MR) is 75.2 cm³/mol. The van der Waals surface area contributed by atoms with Crippen molar-refractivity contribution >= 4 is 6.47 Å². The van der Waals surface area contributed by atoms with E-state index in [9.17, 15) is 9.90 Å². The van der Waals surface area contributed by atoms with Crippen molar-refractivity contribution in [2.45, 2.75) is 18.4 Å². The highest BCUT2D eigenvalue weighted by atomic mass is 16.5. The zero-order valence-electron chi connectivity index (χ0n) is 11.5. The number of benzene rings is 2. The van der Waals surface area contributed by atoms with Crippen LogP contribution in [0.3, 0.4) is 0 Å². The molecule has 1 heterocycles. The van der Waals surface area contributed by atoms with Gasteiger partial charge >= 0.3 is 0 Å². The fourth-order valence-corrected chi connectivity index (χ4v) is 2.63. The lowest BCUT2D eigenvalue weighted by Crippen LogP contribution is -2.54. The molecule has 0 aromatic heterocycles. The zero-order chi connectivity index (χ0) is 14.7. The summed E-state index contributed by atoms with van der Waals surface area (Å²) in [6.45, 7) is 0.483. The number of hydrogen-bond acceptors (Lipinski definition) is 4. The summed E-state index contributed by atoms with van der Waals surface area (Å²) in [6.07, 6.45) is 0.832. The number of ether oxygens (including phenoxy) is 2. The summed E-state index contributed by atoms with van der Waals surface area (Å²) in [5.74, 6) is 1.04. The van der Waals surface area contributed by atoms with Crippen LogP contribution in [0.5, 0.6) is 11.5 Å². The molecule has 1 unspecified atom stereocenters. The molecule has 2 aromatic rings. The van der Waals surface area contributed by atoms with Gasteiger partial charge in [-0.3, -0.25) is 4.79 Å². The average Bonchev–Trinajstić information content (AvgIpc) is 2.49. The van der Waals surface area contributed by atoms with E-state index in [1.165, 1.54) is 0 Å². The first-order chi connectivity index (χ1) is 10.2. The third-order valence-corrected chi connectivity index (χ3v) is 3.60. The average molecular weight is 283 g/mol. The smallest absolute Gasteiger partial charge is 0.298 e. The van der Waals surface area contributed by atoms with Crippen molar-refractivity contribution in [1.29, 1.82) is 0 Å². The van der Waals surface area contributed by atoms with Crippen LogP contribution in [0.2, 0.25) is 0 Å². The summed E-state index contributed by atoms with van der Waals surface area (Å²) in [4.78, 5) is 10.3. The molecule has 4 nitrogen and oxygen atoms in total. The minimum absolute atomic E-state index is 0.111. The summed E-state index contributed by atoms with van der Waals surface area (Å²) in [7, 11) is 0. The molecule has 2 aromatic carbocycles. The highest BCUT2D eigenvalue weighted by Gasteiger charge is 2.26. The van der Waals surface area contributed by atoms with Crippen molar-refractivity contribution in [3.8, 4) is 11.5 Å². The van der Waals surface area contributed by atoms with Crippen LogP contribution >= 0.6 is 0 Å². The first-order valence-electron chi connectivity index (χ1n) is 6.79. The lowest BCUT2D eigenvalue weighted by Gasteiger charge is -2.44. The van der Waals surface area contributed by atoms with Gasteiger partial charge in [-0.25, -0.2) is 0 Å². The van der Waals surface area contributed by atoms with Crippen LogP contribution in [0.15, 0.2) is 48.5 Å². The van der Waals surface area contributed by atoms with E-state index in [0.29, 0.717) is 30.8 Å². The lowest BCUT2D eigenvalue weighted by atomic mass is 9.86. The molecule has 1 atom stereocenters. The molecule has 0 spiro atoms. The molecule has 3 rings (SSSR count). The SMILES string of the molecule is O=COc1ccc2c(c1)OCC([O-])(Cc1ccccc1)C2. The predicted octanol–water partition coefficient (Wildman–Crippen LogP) is 1.50. The zero-order valence-corrected chi connectivity index (χ0v) is 11.5. The maximum atomic E-state index is 12.9. The van der Waals surface area contributed by atoms with E-state index >= 15 is 0 Å². The van der Waals surface area contributed by atoms with Gasteiger partial charge in [-0.1, -0.05) is 42.0 Å². The molecule has 0 bridgehead atoms. The molecule has 4 heteroatoms. The minimum atomic E-state index is -1.17. The van der Waals surface area contributed by atoms with E-state index < -0.39 is 5.60 Å². The number of carbonyl (C=O) groups excluding carboxylic acids is 1. The van der Waals surface area contributed by atoms with Gasteiger partial charge in [0, 0.05) is 6.07 Å². The highest BCUT2D eigenvalue weighted by molar-refractivity contribution is 5.49. The third kappa shape index (κ3) is 3.06. The van der Waals surface area contributed by atoms with Gasteiger partial charge in [0.05, 0.1) is 6.61 Å². The Balaban J connectivity index is 1.78. The second kappa shape index (κ2) is 5.58. The largest absolute Gasteiger partial charge is 0.847 e. The van der Waals surface area contributed by atoms with Crippen LogP contribution in [0.4, 0.5) is 0 Å². The Morgan fingerprint density at radius 1 is 1.24 bits per heavy atom. The van der Waals surface area contributed by atoms with Gasteiger partial charge in [-0.2, -0.15) is 0 Å². The molecular weight excluding hydrogens is 268 g/mol. The third-order valence-electron chi connectivity index (χ3n) is 3.60. The van der Waals surface area contributed by atoms with Gasteiger partial charge in [0.15, 0.2) is 0 Å². The molecule has 0 radical (unpaired) electrons. The Kier molecular flexibility index (Phi) is 3.62. The number of hydrogen-bond donors (Lipinski definition) is 0. The van der Waals surface area contributed by atoms with Crippen molar-refractivity contribution in [2.75, 3.05) is 6.61 Å². The van der Waals surface area contributed by atoms with Gasteiger partial charge in [0.25, 0.3) is 6.47 Å². The van der Waals surface area contributed by atoms with Gasteiger partial charge in [-0.15, -0.1) is 0 Å². The Labute approximate surface area is 122 Å². The molecule has 0 aliphatic carbocycles. The monoisotopic (exact) mass is 283 g/mol. The van der Waals surface area contributed by atoms with Crippen molar-refractivity contribution < 1.29 is 19.4 Å². The maximum absolute atomic E-state index is 12.9. The van der Waals surface area contributed by atoms with E-state index in [-0.39, 0.29) is 6.61 Å². The Hall–Kier alpha value is -2.33. The summed E-state index contributed by atoms with van der Waals surface area (Å²) in [6, 6.07) is 14.8. The topological polar surface area (TPSA) is 58.6 Å². The van der Waals surface area contributed by atoms with Gasteiger partial charge in [0.2, 0.25) is 0 Å². The number of rotatable bonds is 4. The standard InChI is InChI=1S/C17H15O4/c18-12-21-15-7-6-14-10-17(19,11-20-16(14)8-15)9-13-4-2-1-3-5-13/h1-8,12H,9-11H2/q-1. The van der Waals surface area contributed by atoms with E-state index in [0.717, 1.165) is 11.1 Å². The number of carbonyl (C=O) groups is 1. The quantitative estimate of drug-likeness (QED) is 0.798. The van der Waals surface area contributed by atoms with Gasteiger partial charge in [-0.05, 0) is 30.0 Å². The minimum Gasteiger partial charge on any atom is -0.847 e. The van der Waals surface area contributed by atoms with E-state index in [2.05, 4.69) is 0 Å². The van der Waals surface area contributed by atoms with Crippen molar-refractivity contribution in [1.82, 2.24) is 0 Å². The molecule has 0 saturated carbocycles. The molecular formula is C17H15O4-. The second-order valence-electron chi connectivity index (χ2n) is 5.29. The molecule has 21 heavy (non-hydrogen) atoms. The van der Waals surface area contributed by atoms with E-state index in [4.69, 9.17) is 9.47 Å². The summed E-state index contributed by atoms with van der Waals surface area (Å²) < 4.78 is 10.4. The first kappa shape index (κ1) is 13.6. The fourth-order valence-electron chi connectivity index (χ4n) is 2.63. The molecule has 0 fully saturated rings. The molecule has 0 saturated heterocycles. The van der Waals surface area contributed by atoms with Crippen LogP contribution < -0.4 is 14.6 Å². The highest BCUT2D eigenvalue weighted by Crippen LogP contribution is 2.32. The molecule has 1 aliphatic rings. The second-order valence-corrected chi connectivity index (χ2v) is 5.29. The Morgan fingerprint density at radius 2 is 2.05 bits per heavy atom. The summed E-state index contributed by atoms with van der Waals surface area (Å²) >= 11 is 0. The Morgan fingerprint density at radius 3 is 2.81 bits per heavy atom. The lowest BCUT2D eigenvalue weighted by molar-refractivity contribution is -0.483. The fraction of sp³-hybridized carbons (Fsp3) is 0.235. The molecule has 108 valence electrons. The van der Waals surface area contributed by atoms with Gasteiger partial charge in [0.1, 0.15) is 11.5 Å². The maximum Gasteiger partial charge on any atom is 0.298 e. The Bertz CT molecular complexity index is 638. The van der Waals surface area contributed by atoms with E-state index in [1.807, 2.05) is 30.3 Å². The van der Waals surface area contributed by atoms with Crippen LogP contribution in [0.1, 0.15) is 11.1 Å². The van der Waals surface area contributed by atoms with Crippen LogP contribution in [-0.2, 0) is 17.6 Å². The summed E-state index contributed by atoms with van der Waals surface area (Å²) in [5, 5.41) is 12.9. The van der Waals surface area contributed by atoms with E-state index in [1.54, 1.807) is 18.2 Å². The van der Waals surface area contributed by atoms with Crippen LogP contribution in [0.25, 0.3) is 0 Å². The van der Waals surface area contributed by atoms with Crippen molar-refractivity contribution in [3.05, 3.63) is 59.7 Å². The van der Waals surface area contributed by atoms with Crippen molar-refractivity contribution in [3.63, 3.8) is 0 Å². The van der Waals surface area contributed by atoms with Crippen molar-refractivity contribution in [2.24, 2.45) is 0 Å². The van der Waals surface area contributed by atoms with Crippen LogP contribution in [-0.4, -0.2) is 18.7 Å². The van der Waals surface area contributed by atoms with Crippen LogP contribution in [0, 0.1) is 0 Å². The first-order valence-corrected chi connectivity index (χ1v) is 6.79. The normalized spacial score (nSPS) is 20.2. The molecule has 0 amide bonds. The summed E-state index contributed by atoms with van der Waals surface area (Å²) in [5.41, 5.74) is 0.701. The van der Waals surface area contributed by atoms with Gasteiger partial charge < -0.3 is 14.6 Å². The molecule has 1 aliphatic heterocycles.